The van der Waals surface area contributed by atoms with E-state index in [-0.39, 0.29) is 42.0 Å². The Bertz CT molecular complexity index is 1730. The van der Waals surface area contributed by atoms with Gasteiger partial charge in [-0.05, 0) is 91.0 Å². The summed E-state index contributed by atoms with van der Waals surface area (Å²) in [4.78, 5) is 19.4. The highest BCUT2D eigenvalue weighted by Gasteiger charge is 2.34. The third-order valence-electron chi connectivity index (χ3n) is 7.87. The van der Waals surface area contributed by atoms with Crippen LogP contribution in [-0.2, 0) is 30.5 Å². The highest BCUT2D eigenvalue weighted by molar-refractivity contribution is 7.80. The second kappa shape index (κ2) is 15.7. The SMILES string of the molecule is Cc1ccc(NC(=S)N(Cc2ccccc2C(F)(F)F)CC(CC(C)C)NC(=O)Cc2cncn2Cc2ccc(C#N)cc2)cc1C. The zero-order chi connectivity index (χ0) is 34.1. The maximum absolute atomic E-state index is 14.0. The molecule has 0 spiro atoms. The van der Waals surface area contributed by atoms with Gasteiger partial charge in [-0.1, -0.05) is 50.2 Å². The van der Waals surface area contributed by atoms with Gasteiger partial charge in [0.2, 0.25) is 5.91 Å². The molecule has 11 heteroatoms. The summed E-state index contributed by atoms with van der Waals surface area (Å²) in [6, 6.07) is 20.2. The summed E-state index contributed by atoms with van der Waals surface area (Å²) >= 11 is 5.79. The molecule has 0 bridgehead atoms. The standard InChI is InChI=1S/C36H39F3N6OS/c1-24(2)15-31(42-34(46)17-32-19-41-23-45(32)20-28-12-10-27(18-40)11-13-28)22-44(21-29-7-5-6-8-33(29)36(37,38)39)35(47)43-30-14-9-25(3)26(4)16-30/h5-14,16,19,23-24,31H,15,17,20-22H2,1-4H3,(H,42,46)(H,43,47). The van der Waals surface area contributed by atoms with E-state index in [0.29, 0.717) is 24.2 Å². The van der Waals surface area contributed by atoms with E-state index in [0.717, 1.165) is 28.4 Å². The molecule has 4 aromatic rings. The number of carbonyl (C=O) groups excluding carboxylic acids is 1. The number of imidazole rings is 1. The minimum absolute atomic E-state index is 0.0626. The fourth-order valence-electron chi connectivity index (χ4n) is 5.36. The van der Waals surface area contributed by atoms with Gasteiger partial charge in [-0.3, -0.25) is 4.79 Å². The molecule has 0 radical (unpaired) electrons. The average molecular weight is 661 g/mol. The number of hydrogen-bond acceptors (Lipinski definition) is 4. The van der Waals surface area contributed by atoms with Gasteiger partial charge in [0.15, 0.2) is 5.11 Å². The molecule has 246 valence electrons. The Morgan fingerprint density at radius 1 is 1.06 bits per heavy atom. The number of carbonyl (C=O) groups is 1. The molecular weight excluding hydrogens is 621 g/mol. The molecule has 3 aromatic carbocycles. The minimum atomic E-state index is -4.53. The summed E-state index contributed by atoms with van der Waals surface area (Å²) in [5.74, 6) is -0.0475. The molecule has 1 amide bonds. The van der Waals surface area contributed by atoms with Crippen LogP contribution in [0.15, 0.2) is 79.3 Å². The van der Waals surface area contributed by atoms with Crippen molar-refractivity contribution >= 4 is 28.9 Å². The van der Waals surface area contributed by atoms with Gasteiger partial charge < -0.3 is 20.1 Å². The number of nitrogens with one attached hydrogen (secondary N) is 2. The second-order valence-electron chi connectivity index (χ2n) is 12.2. The van der Waals surface area contributed by atoms with E-state index < -0.39 is 17.8 Å². The van der Waals surface area contributed by atoms with E-state index >= 15 is 0 Å². The third-order valence-corrected chi connectivity index (χ3v) is 8.23. The van der Waals surface area contributed by atoms with E-state index in [4.69, 9.17) is 17.5 Å². The van der Waals surface area contributed by atoms with Crippen molar-refractivity contribution in [3.05, 3.63) is 118 Å². The fraction of sp³-hybridized carbons (Fsp3) is 0.333. The first-order valence-corrected chi connectivity index (χ1v) is 15.8. The molecule has 1 aromatic heterocycles. The number of alkyl halides is 3. The molecule has 47 heavy (non-hydrogen) atoms. The van der Waals surface area contributed by atoms with E-state index in [1.165, 1.54) is 12.1 Å². The third kappa shape index (κ3) is 10.1. The Kier molecular flexibility index (Phi) is 11.8. The van der Waals surface area contributed by atoms with Crippen LogP contribution in [0.1, 0.15) is 59.3 Å². The van der Waals surface area contributed by atoms with Crippen LogP contribution < -0.4 is 10.6 Å². The first-order valence-electron chi connectivity index (χ1n) is 15.4. The number of nitrogens with zero attached hydrogens (tertiary/aromatic N) is 4. The number of aryl methyl sites for hydroxylation is 2. The molecule has 7 nitrogen and oxygen atoms in total. The Morgan fingerprint density at radius 3 is 2.45 bits per heavy atom. The molecule has 0 aliphatic rings. The topological polar surface area (TPSA) is 86.0 Å². The van der Waals surface area contributed by atoms with Crippen molar-refractivity contribution in [1.82, 2.24) is 19.8 Å². The number of halogens is 3. The lowest BCUT2D eigenvalue weighted by Gasteiger charge is -2.32. The largest absolute Gasteiger partial charge is 0.416 e. The molecule has 0 aliphatic heterocycles. The number of nitriles is 1. The first-order chi connectivity index (χ1) is 22.3. The molecule has 1 unspecified atom stereocenters. The highest BCUT2D eigenvalue weighted by atomic mass is 32.1. The monoisotopic (exact) mass is 660 g/mol. The van der Waals surface area contributed by atoms with Crippen molar-refractivity contribution in [3.8, 4) is 6.07 Å². The molecule has 0 aliphatic carbocycles. The molecule has 2 N–H and O–H groups in total. The van der Waals surface area contributed by atoms with Crippen LogP contribution in [0, 0.1) is 31.1 Å². The summed E-state index contributed by atoms with van der Waals surface area (Å²) in [6.45, 7) is 8.60. The normalized spacial score (nSPS) is 12.0. The maximum Gasteiger partial charge on any atom is 0.416 e. The number of amides is 1. The van der Waals surface area contributed by atoms with Gasteiger partial charge in [-0.25, -0.2) is 4.98 Å². The van der Waals surface area contributed by atoms with Crippen LogP contribution in [0.2, 0.25) is 0 Å². The zero-order valence-electron chi connectivity index (χ0n) is 26.9. The smallest absolute Gasteiger partial charge is 0.351 e. The number of anilines is 1. The van der Waals surface area contributed by atoms with Crippen LogP contribution in [0.3, 0.4) is 0 Å². The van der Waals surface area contributed by atoms with Crippen molar-refractivity contribution in [3.63, 3.8) is 0 Å². The summed E-state index contributed by atoms with van der Waals surface area (Å²) in [7, 11) is 0. The molecule has 4 rings (SSSR count). The highest BCUT2D eigenvalue weighted by Crippen LogP contribution is 2.32. The van der Waals surface area contributed by atoms with Gasteiger partial charge in [-0.15, -0.1) is 0 Å². The number of hydrogen-bond donors (Lipinski definition) is 2. The lowest BCUT2D eigenvalue weighted by atomic mass is 10.0. The van der Waals surface area contributed by atoms with Crippen molar-refractivity contribution in [2.24, 2.45) is 5.92 Å². The molecule has 0 saturated heterocycles. The average Bonchev–Trinajstić information content (AvgIpc) is 3.44. The van der Waals surface area contributed by atoms with Crippen molar-refractivity contribution in [2.75, 3.05) is 11.9 Å². The summed E-state index contributed by atoms with van der Waals surface area (Å²) < 4.78 is 43.8. The minimum Gasteiger partial charge on any atom is -0.351 e. The number of aromatic nitrogens is 2. The Hall–Kier alpha value is -4.69. The number of thiocarbonyl (C=S) groups is 1. The van der Waals surface area contributed by atoms with E-state index in [1.807, 2.05) is 62.6 Å². The van der Waals surface area contributed by atoms with Gasteiger partial charge in [0.1, 0.15) is 0 Å². The lowest BCUT2D eigenvalue weighted by Crippen LogP contribution is -2.47. The first kappa shape index (κ1) is 35.2. The van der Waals surface area contributed by atoms with Gasteiger partial charge >= 0.3 is 6.18 Å². The maximum atomic E-state index is 14.0. The van der Waals surface area contributed by atoms with Crippen LogP contribution in [0.4, 0.5) is 18.9 Å². The predicted molar refractivity (Wildman–Crippen MR) is 182 cm³/mol. The van der Waals surface area contributed by atoms with Gasteiger partial charge in [0, 0.05) is 43.3 Å². The second-order valence-corrected chi connectivity index (χ2v) is 12.5. The van der Waals surface area contributed by atoms with Gasteiger partial charge in [0.25, 0.3) is 0 Å². The predicted octanol–water partition coefficient (Wildman–Crippen LogP) is 7.41. The van der Waals surface area contributed by atoms with Crippen LogP contribution in [0.5, 0.6) is 0 Å². The Labute approximate surface area is 279 Å². The summed E-state index contributed by atoms with van der Waals surface area (Å²) in [5.41, 5.74) is 4.48. The number of benzene rings is 3. The van der Waals surface area contributed by atoms with Crippen molar-refractivity contribution in [2.45, 2.75) is 65.8 Å². The fourth-order valence-corrected chi connectivity index (χ4v) is 5.61. The summed E-state index contributed by atoms with van der Waals surface area (Å²) in [6.07, 6.45) is -0.586. The van der Waals surface area contributed by atoms with Gasteiger partial charge in [-0.2, -0.15) is 18.4 Å². The number of rotatable bonds is 12. The van der Waals surface area contributed by atoms with E-state index in [2.05, 4.69) is 21.7 Å². The van der Waals surface area contributed by atoms with E-state index in [1.54, 1.807) is 35.6 Å². The molecule has 1 heterocycles. The Morgan fingerprint density at radius 2 is 1.79 bits per heavy atom. The Balaban J connectivity index is 1.54. The van der Waals surface area contributed by atoms with Crippen LogP contribution in [-0.4, -0.2) is 38.1 Å². The van der Waals surface area contributed by atoms with Gasteiger partial charge in [0.05, 0.1) is 29.9 Å². The molecular formula is C36H39F3N6OS. The summed E-state index contributed by atoms with van der Waals surface area (Å²) in [5, 5.41) is 15.7. The quantitative estimate of drug-likeness (QED) is 0.154. The van der Waals surface area contributed by atoms with Crippen LogP contribution >= 0.6 is 12.2 Å². The van der Waals surface area contributed by atoms with Crippen LogP contribution in [0.25, 0.3) is 0 Å². The molecule has 1 atom stereocenters. The van der Waals surface area contributed by atoms with E-state index in [9.17, 15) is 18.0 Å². The van der Waals surface area contributed by atoms with Crippen molar-refractivity contribution in [1.29, 1.82) is 5.26 Å². The molecule has 0 fully saturated rings. The molecule has 0 saturated carbocycles. The lowest BCUT2D eigenvalue weighted by molar-refractivity contribution is -0.138. The zero-order valence-corrected chi connectivity index (χ0v) is 27.8. The van der Waals surface area contributed by atoms with Crippen molar-refractivity contribution < 1.29 is 18.0 Å².